The molecular formula is C10H13ClN4O2. The molecule has 6 nitrogen and oxygen atoms in total. The van der Waals surface area contributed by atoms with E-state index >= 15 is 0 Å². The van der Waals surface area contributed by atoms with Gasteiger partial charge in [-0.25, -0.2) is 9.97 Å². The summed E-state index contributed by atoms with van der Waals surface area (Å²) < 4.78 is 5.25. The lowest BCUT2D eigenvalue weighted by atomic mass is 10.3. The van der Waals surface area contributed by atoms with Gasteiger partial charge in [0.15, 0.2) is 0 Å². The zero-order valence-electron chi connectivity index (χ0n) is 9.23. The molecule has 2 heterocycles. The maximum atomic E-state index is 10.8. The van der Waals surface area contributed by atoms with Gasteiger partial charge in [0.05, 0.1) is 19.6 Å². The van der Waals surface area contributed by atoms with Crippen LogP contribution in [0.3, 0.4) is 0 Å². The lowest BCUT2D eigenvalue weighted by Crippen LogP contribution is -2.37. The number of ether oxygens (including phenoxy) is 1. The van der Waals surface area contributed by atoms with E-state index in [9.17, 15) is 4.79 Å². The Morgan fingerprint density at radius 1 is 1.47 bits per heavy atom. The predicted molar refractivity (Wildman–Crippen MR) is 63.0 cm³/mol. The van der Waals surface area contributed by atoms with E-state index in [2.05, 4.69) is 9.97 Å². The number of halogens is 1. The van der Waals surface area contributed by atoms with Gasteiger partial charge >= 0.3 is 0 Å². The second kappa shape index (κ2) is 5.29. The number of hydrogen-bond acceptors (Lipinski definition) is 5. The summed E-state index contributed by atoms with van der Waals surface area (Å²) in [7, 11) is 0. The van der Waals surface area contributed by atoms with Crippen LogP contribution in [0.1, 0.15) is 5.82 Å². The highest BCUT2D eigenvalue weighted by Gasteiger charge is 2.15. The van der Waals surface area contributed by atoms with E-state index in [0.29, 0.717) is 30.0 Å². The topological polar surface area (TPSA) is 81.3 Å². The molecule has 92 valence electrons. The molecule has 0 aromatic carbocycles. The van der Waals surface area contributed by atoms with Gasteiger partial charge in [0.25, 0.3) is 0 Å². The Balaban J connectivity index is 2.20. The second-order valence-corrected chi connectivity index (χ2v) is 4.09. The number of nitrogens with two attached hydrogens (primary N) is 1. The van der Waals surface area contributed by atoms with Gasteiger partial charge in [-0.1, -0.05) is 11.6 Å². The van der Waals surface area contributed by atoms with Crippen LogP contribution in [-0.2, 0) is 16.0 Å². The summed E-state index contributed by atoms with van der Waals surface area (Å²) in [6.45, 7) is 2.83. The number of anilines is 1. The van der Waals surface area contributed by atoms with Crippen molar-refractivity contribution in [3.63, 3.8) is 0 Å². The first-order valence-electron chi connectivity index (χ1n) is 5.29. The minimum atomic E-state index is -0.472. The first-order chi connectivity index (χ1) is 8.15. The van der Waals surface area contributed by atoms with Crippen LogP contribution in [0.5, 0.6) is 0 Å². The van der Waals surface area contributed by atoms with Crippen molar-refractivity contribution in [1.29, 1.82) is 0 Å². The first kappa shape index (κ1) is 12.1. The van der Waals surface area contributed by atoms with Crippen molar-refractivity contribution in [1.82, 2.24) is 9.97 Å². The summed E-state index contributed by atoms with van der Waals surface area (Å²) in [5, 5.41) is 0.317. The molecule has 0 aliphatic carbocycles. The Hall–Kier alpha value is -1.40. The average molecular weight is 257 g/mol. The van der Waals surface area contributed by atoms with Crippen molar-refractivity contribution < 1.29 is 9.53 Å². The lowest BCUT2D eigenvalue weighted by molar-refractivity contribution is -0.117. The summed E-state index contributed by atoms with van der Waals surface area (Å²) in [5.74, 6) is 0.594. The van der Waals surface area contributed by atoms with Crippen LogP contribution in [0, 0.1) is 0 Å². The molecule has 1 aromatic rings. The molecule has 1 aromatic heterocycles. The third-order valence-electron chi connectivity index (χ3n) is 2.40. The third kappa shape index (κ3) is 3.28. The molecule has 0 unspecified atom stereocenters. The molecule has 1 aliphatic rings. The Bertz CT molecular complexity index is 421. The standard InChI is InChI=1S/C10H13ClN4O2/c11-7-5-10(15-1-3-17-4-2-15)14-9(13-7)6-8(12)16/h5H,1-4,6H2,(H2,12,16). The predicted octanol–water partition coefficient (Wildman–Crippen LogP) is -0.00560. The average Bonchev–Trinajstić information content (AvgIpc) is 2.28. The number of carbonyl (C=O) groups excluding carboxylic acids is 1. The van der Waals surface area contributed by atoms with Gasteiger partial charge in [-0.15, -0.1) is 0 Å². The van der Waals surface area contributed by atoms with Crippen molar-refractivity contribution in [2.75, 3.05) is 31.2 Å². The van der Waals surface area contributed by atoms with E-state index < -0.39 is 5.91 Å². The van der Waals surface area contributed by atoms with Gasteiger partial charge in [-0.2, -0.15) is 0 Å². The first-order valence-corrected chi connectivity index (χ1v) is 5.67. The molecule has 7 heteroatoms. The van der Waals surface area contributed by atoms with Gasteiger partial charge in [0.2, 0.25) is 5.91 Å². The summed E-state index contributed by atoms with van der Waals surface area (Å²) >= 11 is 5.89. The number of carbonyl (C=O) groups is 1. The zero-order valence-corrected chi connectivity index (χ0v) is 9.98. The van der Waals surface area contributed by atoms with Gasteiger partial charge in [-0.3, -0.25) is 4.79 Å². The molecule has 17 heavy (non-hydrogen) atoms. The van der Waals surface area contributed by atoms with Crippen LogP contribution in [-0.4, -0.2) is 42.2 Å². The molecule has 0 bridgehead atoms. The highest BCUT2D eigenvalue weighted by Crippen LogP contribution is 2.17. The quantitative estimate of drug-likeness (QED) is 0.770. The summed E-state index contributed by atoms with van der Waals surface area (Å²) in [5.41, 5.74) is 5.11. The largest absolute Gasteiger partial charge is 0.378 e. The highest BCUT2D eigenvalue weighted by atomic mass is 35.5. The van der Waals surface area contributed by atoms with Crippen LogP contribution in [0.25, 0.3) is 0 Å². The van der Waals surface area contributed by atoms with Crippen LogP contribution >= 0.6 is 11.6 Å². The van der Waals surface area contributed by atoms with E-state index in [1.807, 2.05) is 4.90 Å². The van der Waals surface area contributed by atoms with Crippen LogP contribution in [0.4, 0.5) is 5.82 Å². The molecule has 0 atom stereocenters. The van der Waals surface area contributed by atoms with Gasteiger partial charge in [0.1, 0.15) is 16.8 Å². The number of amides is 1. The molecular weight excluding hydrogens is 244 g/mol. The number of nitrogens with zero attached hydrogens (tertiary/aromatic N) is 3. The molecule has 1 aliphatic heterocycles. The summed E-state index contributed by atoms with van der Waals surface area (Å²) in [4.78, 5) is 21.1. The van der Waals surface area contributed by atoms with Gasteiger partial charge in [0, 0.05) is 19.2 Å². The molecule has 2 N–H and O–H groups in total. The van der Waals surface area contributed by atoms with Crippen molar-refractivity contribution in [3.05, 3.63) is 17.0 Å². The SMILES string of the molecule is NC(=O)Cc1nc(Cl)cc(N2CCOCC2)n1. The second-order valence-electron chi connectivity index (χ2n) is 3.71. The maximum absolute atomic E-state index is 10.8. The zero-order chi connectivity index (χ0) is 12.3. The lowest BCUT2D eigenvalue weighted by Gasteiger charge is -2.27. The number of rotatable bonds is 3. The number of morpholine rings is 1. The van der Waals surface area contributed by atoms with Crippen molar-refractivity contribution >= 4 is 23.3 Å². The van der Waals surface area contributed by atoms with E-state index in [0.717, 1.165) is 13.1 Å². The van der Waals surface area contributed by atoms with E-state index in [4.69, 9.17) is 22.1 Å². The van der Waals surface area contributed by atoms with Crippen LogP contribution < -0.4 is 10.6 Å². The third-order valence-corrected chi connectivity index (χ3v) is 2.59. The Morgan fingerprint density at radius 2 is 2.18 bits per heavy atom. The van der Waals surface area contributed by atoms with Gasteiger partial charge in [-0.05, 0) is 0 Å². The molecule has 1 fully saturated rings. The van der Waals surface area contributed by atoms with Gasteiger partial charge < -0.3 is 15.4 Å². The monoisotopic (exact) mass is 256 g/mol. The smallest absolute Gasteiger partial charge is 0.225 e. The normalized spacial score (nSPS) is 15.9. The van der Waals surface area contributed by atoms with Crippen molar-refractivity contribution in [2.45, 2.75) is 6.42 Å². The Labute approximate surface area is 104 Å². The molecule has 2 rings (SSSR count). The molecule has 0 radical (unpaired) electrons. The minimum absolute atomic E-state index is 0.00208. The molecule has 1 amide bonds. The number of primary amides is 1. The number of hydrogen-bond donors (Lipinski definition) is 1. The van der Waals surface area contributed by atoms with Crippen molar-refractivity contribution in [3.8, 4) is 0 Å². The summed E-state index contributed by atoms with van der Waals surface area (Å²) in [6.07, 6.45) is -0.00208. The van der Waals surface area contributed by atoms with Crippen LogP contribution in [0.15, 0.2) is 6.07 Å². The molecule has 0 spiro atoms. The number of aromatic nitrogens is 2. The Morgan fingerprint density at radius 3 is 2.82 bits per heavy atom. The minimum Gasteiger partial charge on any atom is -0.378 e. The molecule has 1 saturated heterocycles. The van der Waals surface area contributed by atoms with E-state index in [1.54, 1.807) is 6.07 Å². The van der Waals surface area contributed by atoms with E-state index in [1.165, 1.54) is 0 Å². The highest BCUT2D eigenvalue weighted by molar-refractivity contribution is 6.29. The molecule has 0 saturated carbocycles. The maximum Gasteiger partial charge on any atom is 0.225 e. The Kier molecular flexibility index (Phi) is 3.75. The fourth-order valence-corrected chi connectivity index (χ4v) is 1.84. The fraction of sp³-hybridized carbons (Fsp3) is 0.500. The van der Waals surface area contributed by atoms with Crippen LogP contribution in [0.2, 0.25) is 5.15 Å². The summed E-state index contributed by atoms with van der Waals surface area (Å²) in [6, 6.07) is 1.68. The fourth-order valence-electron chi connectivity index (χ4n) is 1.64. The van der Waals surface area contributed by atoms with Crippen molar-refractivity contribution in [2.24, 2.45) is 5.73 Å². The van der Waals surface area contributed by atoms with E-state index in [-0.39, 0.29) is 6.42 Å².